The molecule has 0 saturated carbocycles. The van der Waals surface area contributed by atoms with Crippen molar-refractivity contribution in [2.45, 2.75) is 19.5 Å². The first kappa shape index (κ1) is 19.5. The van der Waals surface area contributed by atoms with E-state index in [2.05, 4.69) is 4.74 Å². The quantitative estimate of drug-likeness (QED) is 0.525. The van der Waals surface area contributed by atoms with E-state index < -0.39 is 6.61 Å². The molecular formula is C21H19F2NO4. The van der Waals surface area contributed by atoms with Crippen molar-refractivity contribution in [2.24, 2.45) is 0 Å². The standard InChI is InChI=1S/C21H19F2NO4/c1-27-19-12-14(8-10-18(19)28-21(22)23)7-9-17(25)15-4-2-5-16(13-15)24-11-3-6-20(24)26/h2,4-5,7-10,12-13,21H,3,6,11H2,1H3/b9-7+. The van der Waals surface area contributed by atoms with Gasteiger partial charge >= 0.3 is 6.61 Å². The molecule has 0 spiro atoms. The number of amides is 1. The summed E-state index contributed by atoms with van der Waals surface area (Å²) in [4.78, 5) is 26.0. The van der Waals surface area contributed by atoms with E-state index in [0.29, 0.717) is 29.8 Å². The lowest BCUT2D eigenvalue weighted by molar-refractivity contribution is -0.117. The summed E-state index contributed by atoms with van der Waals surface area (Å²) in [6, 6.07) is 11.3. The molecule has 2 aromatic carbocycles. The van der Waals surface area contributed by atoms with Gasteiger partial charge in [-0.05, 0) is 42.3 Å². The number of allylic oxidation sites excluding steroid dienone is 1. The monoisotopic (exact) mass is 387 g/mol. The Hall–Kier alpha value is -3.22. The van der Waals surface area contributed by atoms with Crippen LogP contribution in [0.2, 0.25) is 0 Å². The molecule has 0 aliphatic carbocycles. The topological polar surface area (TPSA) is 55.8 Å². The summed E-state index contributed by atoms with van der Waals surface area (Å²) in [5.74, 6) is -0.118. The van der Waals surface area contributed by atoms with Crippen LogP contribution in [-0.4, -0.2) is 32.0 Å². The van der Waals surface area contributed by atoms with Crippen molar-refractivity contribution in [3.8, 4) is 11.5 Å². The van der Waals surface area contributed by atoms with E-state index in [1.165, 1.54) is 25.3 Å². The maximum Gasteiger partial charge on any atom is 0.387 e. The van der Waals surface area contributed by atoms with E-state index in [-0.39, 0.29) is 23.2 Å². The molecule has 0 atom stereocenters. The third-order valence-corrected chi connectivity index (χ3v) is 4.35. The average molecular weight is 387 g/mol. The van der Waals surface area contributed by atoms with Crippen LogP contribution in [0.15, 0.2) is 48.5 Å². The maximum atomic E-state index is 12.5. The van der Waals surface area contributed by atoms with Crippen molar-refractivity contribution in [3.63, 3.8) is 0 Å². The number of alkyl halides is 2. The number of carbonyl (C=O) groups is 2. The van der Waals surface area contributed by atoms with E-state index in [9.17, 15) is 18.4 Å². The molecule has 28 heavy (non-hydrogen) atoms. The van der Waals surface area contributed by atoms with Gasteiger partial charge in [-0.2, -0.15) is 8.78 Å². The summed E-state index contributed by atoms with van der Waals surface area (Å²) >= 11 is 0. The van der Waals surface area contributed by atoms with Crippen molar-refractivity contribution in [1.29, 1.82) is 0 Å². The van der Waals surface area contributed by atoms with Gasteiger partial charge in [-0.15, -0.1) is 0 Å². The van der Waals surface area contributed by atoms with Crippen LogP contribution in [0.25, 0.3) is 6.08 Å². The van der Waals surface area contributed by atoms with Crippen LogP contribution >= 0.6 is 0 Å². The second kappa shape index (κ2) is 8.65. The molecule has 1 aliphatic rings. The van der Waals surface area contributed by atoms with Gasteiger partial charge in [0.25, 0.3) is 0 Å². The highest BCUT2D eigenvalue weighted by atomic mass is 19.3. The molecule has 146 valence electrons. The number of carbonyl (C=O) groups excluding carboxylic acids is 2. The second-order valence-corrected chi connectivity index (χ2v) is 6.19. The molecule has 0 unspecified atom stereocenters. The van der Waals surface area contributed by atoms with Crippen LogP contribution in [0.3, 0.4) is 0 Å². The summed E-state index contributed by atoms with van der Waals surface area (Å²) in [5.41, 5.74) is 1.76. The Balaban J connectivity index is 1.76. The van der Waals surface area contributed by atoms with Gasteiger partial charge in [-0.1, -0.05) is 24.3 Å². The fourth-order valence-corrected chi connectivity index (χ4v) is 3.00. The predicted molar refractivity (Wildman–Crippen MR) is 101 cm³/mol. The summed E-state index contributed by atoms with van der Waals surface area (Å²) in [6.07, 6.45) is 4.27. The highest BCUT2D eigenvalue weighted by Gasteiger charge is 2.22. The summed E-state index contributed by atoms with van der Waals surface area (Å²) in [6.45, 7) is -2.30. The van der Waals surface area contributed by atoms with E-state index in [4.69, 9.17) is 4.74 Å². The van der Waals surface area contributed by atoms with Gasteiger partial charge in [-0.25, -0.2) is 0 Å². The van der Waals surface area contributed by atoms with Crippen LogP contribution in [0.1, 0.15) is 28.8 Å². The Morgan fingerprint density at radius 1 is 1.18 bits per heavy atom. The summed E-state index contributed by atoms with van der Waals surface area (Å²) < 4.78 is 34.2. The molecule has 1 amide bonds. The maximum absolute atomic E-state index is 12.5. The van der Waals surface area contributed by atoms with Crippen molar-refractivity contribution in [2.75, 3.05) is 18.6 Å². The summed E-state index contributed by atoms with van der Waals surface area (Å²) in [5, 5.41) is 0. The lowest BCUT2D eigenvalue weighted by atomic mass is 10.1. The molecule has 3 rings (SSSR count). The molecule has 7 heteroatoms. The molecule has 0 aromatic heterocycles. The van der Waals surface area contributed by atoms with E-state index in [1.54, 1.807) is 41.3 Å². The van der Waals surface area contributed by atoms with E-state index in [1.807, 2.05) is 0 Å². The minimum absolute atomic E-state index is 0.0540. The number of nitrogens with zero attached hydrogens (tertiary/aromatic N) is 1. The molecule has 0 bridgehead atoms. The first-order chi connectivity index (χ1) is 13.5. The van der Waals surface area contributed by atoms with Crippen LogP contribution in [-0.2, 0) is 4.79 Å². The number of hydrogen-bond donors (Lipinski definition) is 0. The van der Waals surface area contributed by atoms with Crippen LogP contribution < -0.4 is 14.4 Å². The van der Waals surface area contributed by atoms with Crippen LogP contribution in [0, 0.1) is 0 Å². The number of hydrogen-bond acceptors (Lipinski definition) is 4. The SMILES string of the molecule is COc1cc(/C=C/C(=O)c2cccc(N3CCCC3=O)c2)ccc1OC(F)F. The van der Waals surface area contributed by atoms with Crippen molar-refractivity contribution in [1.82, 2.24) is 0 Å². The molecule has 1 heterocycles. The van der Waals surface area contributed by atoms with E-state index in [0.717, 1.165) is 6.42 Å². The van der Waals surface area contributed by atoms with Gasteiger partial charge in [0, 0.05) is 24.2 Å². The minimum atomic E-state index is -2.95. The lowest BCUT2D eigenvalue weighted by Crippen LogP contribution is -2.23. The zero-order valence-corrected chi connectivity index (χ0v) is 15.2. The highest BCUT2D eigenvalue weighted by molar-refractivity contribution is 6.08. The first-order valence-electron chi connectivity index (χ1n) is 8.73. The minimum Gasteiger partial charge on any atom is -0.493 e. The number of halogens is 2. The van der Waals surface area contributed by atoms with Crippen molar-refractivity contribution >= 4 is 23.5 Å². The average Bonchev–Trinajstić information content (AvgIpc) is 3.12. The van der Waals surface area contributed by atoms with E-state index >= 15 is 0 Å². The zero-order valence-electron chi connectivity index (χ0n) is 15.2. The van der Waals surface area contributed by atoms with Crippen LogP contribution in [0.4, 0.5) is 14.5 Å². The number of ketones is 1. The Morgan fingerprint density at radius 2 is 2.00 bits per heavy atom. The number of ether oxygens (including phenoxy) is 2. The fraction of sp³-hybridized carbons (Fsp3) is 0.238. The zero-order chi connectivity index (χ0) is 20.1. The number of rotatable bonds is 7. The Labute approximate surface area is 161 Å². The van der Waals surface area contributed by atoms with Gasteiger partial charge in [0.05, 0.1) is 7.11 Å². The van der Waals surface area contributed by atoms with Crippen molar-refractivity contribution in [3.05, 3.63) is 59.7 Å². The number of anilines is 1. The number of benzene rings is 2. The Bertz CT molecular complexity index is 911. The fourth-order valence-electron chi connectivity index (χ4n) is 3.00. The lowest BCUT2D eigenvalue weighted by Gasteiger charge is -2.16. The highest BCUT2D eigenvalue weighted by Crippen LogP contribution is 2.30. The Kier molecular flexibility index (Phi) is 6.03. The molecule has 1 aliphatic heterocycles. The van der Waals surface area contributed by atoms with Gasteiger partial charge in [0.1, 0.15) is 0 Å². The Morgan fingerprint density at radius 3 is 2.68 bits per heavy atom. The molecule has 0 N–H and O–H groups in total. The van der Waals surface area contributed by atoms with Gasteiger partial charge < -0.3 is 14.4 Å². The largest absolute Gasteiger partial charge is 0.493 e. The second-order valence-electron chi connectivity index (χ2n) is 6.19. The molecule has 5 nitrogen and oxygen atoms in total. The van der Waals surface area contributed by atoms with Gasteiger partial charge in [-0.3, -0.25) is 9.59 Å². The van der Waals surface area contributed by atoms with Crippen LogP contribution in [0.5, 0.6) is 11.5 Å². The smallest absolute Gasteiger partial charge is 0.387 e. The number of methoxy groups -OCH3 is 1. The molecule has 1 saturated heterocycles. The third kappa shape index (κ3) is 4.54. The molecule has 1 fully saturated rings. The predicted octanol–water partition coefficient (Wildman–Crippen LogP) is 4.32. The van der Waals surface area contributed by atoms with Crippen molar-refractivity contribution < 1.29 is 27.8 Å². The van der Waals surface area contributed by atoms with Gasteiger partial charge in [0.15, 0.2) is 17.3 Å². The molecular weight excluding hydrogens is 368 g/mol. The molecule has 0 radical (unpaired) electrons. The third-order valence-electron chi connectivity index (χ3n) is 4.35. The van der Waals surface area contributed by atoms with Gasteiger partial charge in [0.2, 0.25) is 5.91 Å². The first-order valence-corrected chi connectivity index (χ1v) is 8.73. The normalized spacial score (nSPS) is 14.1. The summed E-state index contributed by atoms with van der Waals surface area (Å²) in [7, 11) is 1.34. The molecule has 2 aromatic rings.